The van der Waals surface area contributed by atoms with Crippen molar-refractivity contribution in [1.82, 2.24) is 0 Å². The van der Waals surface area contributed by atoms with Gasteiger partial charge >= 0.3 is 0 Å². The van der Waals surface area contributed by atoms with Crippen molar-refractivity contribution in [2.24, 2.45) is 11.5 Å². The number of nitrogens with two attached hydrogens (primary N) is 2. The number of hydrogen-bond acceptors (Lipinski definition) is 6. The van der Waals surface area contributed by atoms with Gasteiger partial charge in [0.05, 0.1) is 0 Å². The van der Waals surface area contributed by atoms with Gasteiger partial charge in [0.25, 0.3) is 0 Å². The van der Waals surface area contributed by atoms with Gasteiger partial charge in [-0.2, -0.15) is 0 Å². The molecule has 0 bridgehead atoms. The lowest BCUT2D eigenvalue weighted by Crippen LogP contribution is -1.79. The molecule has 0 aliphatic rings. The first-order chi connectivity index (χ1) is 10.1. The minimum Gasteiger partial charge on any atom is -0.412 e. The number of rotatable bonds is 0. The molecule has 0 aliphatic carbocycles. The van der Waals surface area contributed by atoms with Crippen LogP contribution >= 0.6 is 12.4 Å². The maximum atomic E-state index is 9.26. The van der Waals surface area contributed by atoms with Crippen molar-refractivity contribution in [3.05, 3.63) is 20.2 Å². The second-order valence-corrected chi connectivity index (χ2v) is 0.697. The van der Waals surface area contributed by atoms with Gasteiger partial charge in [0.15, 0.2) is 14.0 Å². The highest BCUT2D eigenvalue weighted by atomic mass is 35.5. The fourth-order valence-electron chi connectivity index (χ4n) is 0. The standard InChI is InChI=1S/2CH3NO2.2CH5N.CH4.ClH.H2O/c2*1-2(3)4;2*1-2;;;/h2*1H3;2*2H2,1H3;1H4;1H;1H2/i1D3;;2*1D3;;;/hD2. The molecule has 0 saturated heterocycles. The summed E-state index contributed by atoms with van der Waals surface area (Å²) >= 11 is 0. The number of nitrogens with zero attached hydrogens (tertiary/aromatic N) is 2. The van der Waals surface area contributed by atoms with Crippen LogP contribution in [-0.2, 0) is 0 Å². The van der Waals surface area contributed by atoms with E-state index in [-0.39, 0.29) is 19.8 Å². The molecule has 0 unspecified atom stereocenters. The highest BCUT2D eigenvalue weighted by Gasteiger charge is 1.57. The molecule has 0 aromatic heterocycles. The van der Waals surface area contributed by atoms with Crippen molar-refractivity contribution in [2.75, 3.05) is 28.0 Å². The van der Waals surface area contributed by atoms with Crippen LogP contribution in [0, 0.1) is 20.2 Å². The van der Waals surface area contributed by atoms with E-state index in [2.05, 4.69) is 16.9 Å². The lowest BCUT2D eigenvalue weighted by atomic mass is 11.5. The molecule has 0 amide bonds. The van der Waals surface area contributed by atoms with Gasteiger partial charge in [0.1, 0.15) is 4.11 Å². The number of halogens is 1. The van der Waals surface area contributed by atoms with Crippen LogP contribution in [0.4, 0.5) is 0 Å². The van der Waals surface area contributed by atoms with Gasteiger partial charge < -0.3 is 16.9 Å². The monoisotopic (exact) mass is 265 g/mol. The van der Waals surface area contributed by atoms with E-state index >= 15 is 0 Å². The fourth-order valence-corrected chi connectivity index (χ4v) is 0. The molecule has 100 valence electrons. The first-order valence-electron chi connectivity index (χ1n) is 7.29. The number of nitro groups is 2. The Balaban J connectivity index is -0.0000000350. The molecule has 0 aliphatic heterocycles. The highest BCUT2D eigenvalue weighted by Crippen LogP contribution is 1.40. The van der Waals surface area contributed by atoms with Crippen molar-refractivity contribution >= 4 is 12.4 Å². The van der Waals surface area contributed by atoms with Gasteiger partial charge in [0, 0.05) is 18.1 Å². The average Bonchev–Trinajstić information content (AvgIpc) is 2.09. The van der Waals surface area contributed by atoms with E-state index < -0.39 is 30.8 Å². The minimum atomic E-state index is -3.03. The van der Waals surface area contributed by atoms with E-state index in [1.165, 1.54) is 0 Å². The molecule has 0 spiro atoms. The molecule has 6 N–H and O–H groups in total. The van der Waals surface area contributed by atoms with Crippen LogP contribution in [0.2, 0.25) is 0 Å². The first kappa shape index (κ1) is 7.28. The molecule has 0 fully saturated rings. The molecule has 15 heavy (non-hydrogen) atoms. The quantitative estimate of drug-likeness (QED) is 0.427. The number of hydrogen-bond donors (Lipinski definition) is 2. The Bertz CT molecular complexity index is 296. The Morgan fingerprint density at radius 1 is 1.27 bits per heavy atom. The Labute approximate surface area is 111 Å². The van der Waals surface area contributed by atoms with Crippen LogP contribution in [-0.4, -0.2) is 46.2 Å². The Morgan fingerprint density at radius 2 is 1.33 bits per heavy atom. The maximum Gasteiger partial charge on any atom is 0.206 e. The zero-order chi connectivity index (χ0) is 21.4. The van der Waals surface area contributed by atoms with Crippen LogP contribution in [0.25, 0.3) is 0 Å². The zero-order valence-corrected chi connectivity index (χ0v) is 7.82. The van der Waals surface area contributed by atoms with E-state index in [0.29, 0.717) is 0 Å². The summed E-state index contributed by atoms with van der Waals surface area (Å²) in [6.45, 7) is -7.53. The summed E-state index contributed by atoms with van der Waals surface area (Å²) < 4.78 is 65.1. The molecule has 0 rings (SSSR count). The molecule has 0 saturated carbocycles. The molecule has 9 nitrogen and oxygen atoms in total. The SMILES string of the molecule is C.C[N+](=O)[O-].Cl.[2H]C([2H])([2H])N.[2H]C([2H])([2H])N.[2H]C([2H])([2H])[N+](=O)[O-].[2H]O[2H]. The summed E-state index contributed by atoms with van der Waals surface area (Å²) in [4.78, 5) is 16.3. The lowest BCUT2D eigenvalue weighted by Gasteiger charge is -1.63. The van der Waals surface area contributed by atoms with E-state index in [9.17, 15) is 10.1 Å². The molecular formula is C5H23ClN4O5. The molecule has 0 radical (unpaired) electrons. The fraction of sp³-hybridized carbons (Fsp3) is 1.00. The van der Waals surface area contributed by atoms with Crippen molar-refractivity contribution in [3.8, 4) is 0 Å². The summed E-state index contributed by atoms with van der Waals surface area (Å²) in [7, 11) is 0.889. The van der Waals surface area contributed by atoms with Gasteiger partial charge in [-0.25, -0.2) is 0 Å². The normalized spacial score (nSPS) is 16.9. The first-order valence-corrected chi connectivity index (χ1v) is 1.98. The third-order valence-electron chi connectivity index (χ3n) is 0. The molecule has 0 aromatic carbocycles. The van der Waals surface area contributed by atoms with Crippen LogP contribution in [0.1, 0.15) is 19.8 Å². The Hall–Kier alpha value is -1.03. The van der Waals surface area contributed by atoms with E-state index in [1.54, 1.807) is 0 Å². The zero-order valence-electron chi connectivity index (χ0n) is 18.0. The predicted octanol–water partition coefficient (Wildman–Crippen LogP) is -0.831. The molecule has 0 aromatic rings. The predicted molar refractivity (Wildman–Crippen MR) is 63.7 cm³/mol. The van der Waals surface area contributed by atoms with E-state index in [4.69, 9.17) is 25.3 Å². The Kier molecular flexibility index (Phi) is 36.5. The van der Waals surface area contributed by atoms with Gasteiger partial charge in [-0.3, -0.25) is 20.2 Å². The van der Waals surface area contributed by atoms with Crippen LogP contribution < -0.4 is 11.5 Å². The topological polar surface area (TPSA) is 170 Å². The third kappa shape index (κ3) is 1470. The minimum absolute atomic E-state index is 0. The van der Waals surface area contributed by atoms with Crippen LogP contribution in [0.3, 0.4) is 0 Å². The van der Waals surface area contributed by atoms with E-state index in [1.807, 2.05) is 0 Å². The average molecular weight is 266 g/mol. The van der Waals surface area contributed by atoms with Gasteiger partial charge in [-0.05, 0) is 14.0 Å². The molecule has 0 heterocycles. The van der Waals surface area contributed by atoms with Crippen molar-refractivity contribution in [2.45, 2.75) is 7.43 Å². The second-order valence-electron chi connectivity index (χ2n) is 0.697. The molecule has 10 heteroatoms. The van der Waals surface area contributed by atoms with Crippen LogP contribution in [0.5, 0.6) is 0 Å². The van der Waals surface area contributed by atoms with Crippen LogP contribution in [0.15, 0.2) is 0 Å². The van der Waals surface area contributed by atoms with Crippen molar-refractivity contribution in [3.63, 3.8) is 0 Å². The third-order valence-corrected chi connectivity index (χ3v) is 0. The van der Waals surface area contributed by atoms with Gasteiger partial charge in [-0.15, -0.1) is 12.4 Å². The second kappa shape index (κ2) is 75.2. The largest absolute Gasteiger partial charge is 0.412 e. The summed E-state index contributed by atoms with van der Waals surface area (Å²) in [5.41, 5.74) is 11.5. The molecule has 0 atom stereocenters. The van der Waals surface area contributed by atoms with E-state index in [0.717, 1.165) is 7.05 Å². The lowest BCUT2D eigenvalue weighted by molar-refractivity contribution is -0.445. The summed E-state index contributed by atoms with van der Waals surface area (Å²) in [6.07, 6.45) is 0. The summed E-state index contributed by atoms with van der Waals surface area (Å²) in [5.74, 6) is 0. The summed E-state index contributed by atoms with van der Waals surface area (Å²) in [5, 5.41) is 18.1. The molecular weight excluding hydrogens is 232 g/mol. The highest BCUT2D eigenvalue weighted by molar-refractivity contribution is 5.85. The van der Waals surface area contributed by atoms with Crippen molar-refractivity contribution in [1.29, 1.82) is 2.86 Å². The van der Waals surface area contributed by atoms with Crippen molar-refractivity contribution < 1.29 is 27.7 Å². The van der Waals surface area contributed by atoms with Gasteiger partial charge in [-0.1, -0.05) is 7.43 Å². The van der Waals surface area contributed by atoms with Gasteiger partial charge in [0.2, 0.25) is 2.86 Å². The summed E-state index contributed by atoms with van der Waals surface area (Å²) in [6, 6.07) is 0. The maximum absolute atomic E-state index is 9.26. The smallest absolute Gasteiger partial charge is 0.206 e. The Morgan fingerprint density at radius 3 is 1.33 bits per heavy atom.